The molecule has 0 aliphatic rings. The van der Waals surface area contributed by atoms with E-state index in [9.17, 15) is 22.8 Å². The summed E-state index contributed by atoms with van der Waals surface area (Å²) in [7, 11) is 0. The zero-order valence-corrected chi connectivity index (χ0v) is 13.4. The van der Waals surface area contributed by atoms with Crippen molar-refractivity contribution in [1.29, 1.82) is 0 Å². The lowest BCUT2D eigenvalue weighted by atomic mass is 10.2. The summed E-state index contributed by atoms with van der Waals surface area (Å²) in [5.41, 5.74) is 4.81. The van der Waals surface area contributed by atoms with Gasteiger partial charge in [-0.2, -0.15) is 0 Å². The topological polar surface area (TPSA) is 75.4 Å². The third-order valence-corrected chi connectivity index (χ3v) is 2.85. The first-order valence-corrected chi connectivity index (χ1v) is 6.81. The lowest BCUT2D eigenvalue weighted by Crippen LogP contribution is -2.39. The minimum atomic E-state index is -1.66. The van der Waals surface area contributed by atoms with Crippen molar-refractivity contribution < 1.29 is 22.8 Å². The molecule has 0 radical (unpaired) electrons. The van der Waals surface area contributed by atoms with Gasteiger partial charge in [-0.3, -0.25) is 9.59 Å². The van der Waals surface area contributed by atoms with Crippen LogP contribution < -0.4 is 11.1 Å². The Kier molecular flexibility index (Phi) is 9.28. The molecule has 0 heterocycles. The molecule has 0 atom stereocenters. The highest BCUT2D eigenvalue weighted by Crippen LogP contribution is 2.19. The molecule has 1 aromatic carbocycles. The molecule has 0 unspecified atom stereocenters. The van der Waals surface area contributed by atoms with E-state index in [1.54, 1.807) is 0 Å². The van der Waals surface area contributed by atoms with Crippen LogP contribution in [-0.4, -0.2) is 36.3 Å². The van der Waals surface area contributed by atoms with Crippen LogP contribution in [0, 0.1) is 17.5 Å². The summed E-state index contributed by atoms with van der Waals surface area (Å²) < 4.78 is 39.3. The van der Waals surface area contributed by atoms with Gasteiger partial charge in [-0.25, -0.2) is 13.2 Å². The van der Waals surface area contributed by atoms with Crippen LogP contribution >= 0.6 is 12.4 Å². The van der Waals surface area contributed by atoms with Crippen LogP contribution in [0.4, 0.5) is 18.9 Å². The van der Waals surface area contributed by atoms with Gasteiger partial charge in [0.25, 0.3) is 0 Å². The number of anilines is 1. The van der Waals surface area contributed by atoms with Crippen LogP contribution in [0.2, 0.25) is 0 Å². The van der Waals surface area contributed by atoms with Crippen LogP contribution in [0.25, 0.3) is 0 Å². The highest BCUT2D eigenvalue weighted by Gasteiger charge is 2.19. The molecule has 2 amide bonds. The highest BCUT2D eigenvalue weighted by atomic mass is 35.5. The molecule has 5 nitrogen and oxygen atoms in total. The second-order valence-corrected chi connectivity index (χ2v) is 4.63. The number of nitrogens with one attached hydrogen (secondary N) is 1. The SMILES string of the molecule is CCCN(CC(=O)Nc1ccc(F)c(F)c1F)C(=O)CCN.Cl. The molecule has 0 aromatic heterocycles. The van der Waals surface area contributed by atoms with E-state index in [1.165, 1.54) is 4.90 Å². The third-order valence-electron chi connectivity index (χ3n) is 2.85. The van der Waals surface area contributed by atoms with E-state index in [-0.39, 0.29) is 37.8 Å². The molecule has 0 bridgehead atoms. The van der Waals surface area contributed by atoms with Crippen LogP contribution in [0.1, 0.15) is 19.8 Å². The van der Waals surface area contributed by atoms with E-state index < -0.39 is 29.0 Å². The van der Waals surface area contributed by atoms with Crippen molar-refractivity contribution in [3.63, 3.8) is 0 Å². The molecular weight excluding hydrogens is 335 g/mol. The maximum absolute atomic E-state index is 13.5. The first-order chi connectivity index (χ1) is 10.4. The zero-order chi connectivity index (χ0) is 16.7. The van der Waals surface area contributed by atoms with Gasteiger partial charge in [0.15, 0.2) is 17.5 Å². The molecule has 3 N–H and O–H groups in total. The number of benzene rings is 1. The van der Waals surface area contributed by atoms with Gasteiger partial charge in [0.1, 0.15) is 0 Å². The number of nitrogens with two attached hydrogens (primary N) is 1. The fourth-order valence-electron chi connectivity index (χ4n) is 1.83. The largest absolute Gasteiger partial charge is 0.333 e. The van der Waals surface area contributed by atoms with Gasteiger partial charge >= 0.3 is 0 Å². The second-order valence-electron chi connectivity index (χ2n) is 4.63. The summed E-state index contributed by atoms with van der Waals surface area (Å²) >= 11 is 0. The molecule has 1 rings (SSSR count). The Bertz CT molecular complexity index is 558. The lowest BCUT2D eigenvalue weighted by molar-refractivity contribution is -0.134. The Hall–Kier alpha value is -1.80. The fraction of sp³-hybridized carbons (Fsp3) is 0.429. The number of halogens is 4. The number of nitrogens with zero attached hydrogens (tertiary/aromatic N) is 1. The first-order valence-electron chi connectivity index (χ1n) is 6.81. The summed E-state index contributed by atoms with van der Waals surface area (Å²) in [4.78, 5) is 24.9. The maximum Gasteiger partial charge on any atom is 0.244 e. The summed E-state index contributed by atoms with van der Waals surface area (Å²) in [6, 6.07) is 1.62. The van der Waals surface area contributed by atoms with E-state index >= 15 is 0 Å². The number of hydrogen-bond acceptors (Lipinski definition) is 3. The second kappa shape index (κ2) is 10.1. The number of hydrogen-bond donors (Lipinski definition) is 2. The molecule has 9 heteroatoms. The third kappa shape index (κ3) is 6.07. The van der Waals surface area contributed by atoms with Crippen molar-refractivity contribution in [2.45, 2.75) is 19.8 Å². The Labute approximate surface area is 138 Å². The van der Waals surface area contributed by atoms with Gasteiger partial charge in [0.2, 0.25) is 11.8 Å². The van der Waals surface area contributed by atoms with E-state index in [1.807, 2.05) is 6.92 Å². The average molecular weight is 354 g/mol. The van der Waals surface area contributed by atoms with Crippen molar-refractivity contribution in [3.8, 4) is 0 Å². The molecule has 0 fully saturated rings. The van der Waals surface area contributed by atoms with Crippen molar-refractivity contribution in [1.82, 2.24) is 4.90 Å². The predicted molar refractivity (Wildman–Crippen MR) is 82.7 cm³/mol. The Morgan fingerprint density at radius 3 is 2.43 bits per heavy atom. The molecule has 0 saturated heterocycles. The van der Waals surface area contributed by atoms with E-state index in [0.717, 1.165) is 6.07 Å². The normalized spacial score (nSPS) is 9.96. The molecular formula is C14H19ClF3N3O2. The van der Waals surface area contributed by atoms with Gasteiger partial charge in [0, 0.05) is 19.5 Å². The van der Waals surface area contributed by atoms with Crippen molar-refractivity contribution >= 4 is 29.9 Å². The van der Waals surface area contributed by atoms with Crippen LogP contribution in [0.3, 0.4) is 0 Å². The first kappa shape index (κ1) is 21.2. The fourth-order valence-corrected chi connectivity index (χ4v) is 1.83. The van der Waals surface area contributed by atoms with Crippen LogP contribution in [0.15, 0.2) is 12.1 Å². The van der Waals surface area contributed by atoms with E-state index in [0.29, 0.717) is 19.0 Å². The predicted octanol–water partition coefficient (Wildman–Crippen LogP) is 2.05. The highest BCUT2D eigenvalue weighted by molar-refractivity contribution is 5.94. The number of amides is 2. The van der Waals surface area contributed by atoms with Gasteiger partial charge in [0.05, 0.1) is 12.2 Å². The van der Waals surface area contributed by atoms with Gasteiger partial charge in [-0.15, -0.1) is 12.4 Å². The van der Waals surface area contributed by atoms with Crippen molar-refractivity contribution in [3.05, 3.63) is 29.6 Å². The zero-order valence-electron chi connectivity index (χ0n) is 12.6. The monoisotopic (exact) mass is 353 g/mol. The standard InChI is InChI=1S/C14H18F3N3O2.ClH/c1-2-7-20(12(22)5-6-18)8-11(21)19-10-4-3-9(15)13(16)14(10)17;/h3-4H,2,5-8,18H2,1H3,(H,19,21);1H. The van der Waals surface area contributed by atoms with Crippen molar-refractivity contribution in [2.75, 3.05) is 25.0 Å². The van der Waals surface area contributed by atoms with E-state index in [4.69, 9.17) is 5.73 Å². The lowest BCUT2D eigenvalue weighted by Gasteiger charge is -2.21. The molecule has 0 spiro atoms. The summed E-state index contributed by atoms with van der Waals surface area (Å²) in [6.07, 6.45) is 0.718. The van der Waals surface area contributed by atoms with Gasteiger partial charge < -0.3 is 16.0 Å². The molecule has 130 valence electrons. The smallest absolute Gasteiger partial charge is 0.244 e. The quantitative estimate of drug-likeness (QED) is 0.737. The maximum atomic E-state index is 13.5. The summed E-state index contributed by atoms with van der Waals surface area (Å²) in [5.74, 6) is -5.50. The Morgan fingerprint density at radius 2 is 1.87 bits per heavy atom. The van der Waals surface area contributed by atoms with Gasteiger partial charge in [-0.05, 0) is 18.6 Å². The average Bonchev–Trinajstić information content (AvgIpc) is 2.48. The molecule has 0 aliphatic heterocycles. The summed E-state index contributed by atoms with van der Waals surface area (Å²) in [5, 5.41) is 2.12. The van der Waals surface area contributed by atoms with E-state index in [2.05, 4.69) is 5.32 Å². The van der Waals surface area contributed by atoms with Gasteiger partial charge in [-0.1, -0.05) is 6.92 Å². The summed E-state index contributed by atoms with van der Waals surface area (Å²) in [6.45, 7) is 2.01. The molecule has 0 saturated carbocycles. The number of carbonyl (C=O) groups is 2. The van der Waals surface area contributed by atoms with Crippen LogP contribution in [0.5, 0.6) is 0 Å². The molecule has 1 aromatic rings. The number of carbonyl (C=O) groups excluding carboxylic acids is 2. The number of rotatable bonds is 7. The van der Waals surface area contributed by atoms with Crippen LogP contribution in [-0.2, 0) is 9.59 Å². The molecule has 0 aliphatic carbocycles. The van der Waals surface area contributed by atoms with Crippen molar-refractivity contribution in [2.24, 2.45) is 5.73 Å². The molecule has 23 heavy (non-hydrogen) atoms. The Morgan fingerprint density at radius 1 is 1.22 bits per heavy atom. The Balaban J connectivity index is 0.00000484. The minimum absolute atomic E-state index is 0. The minimum Gasteiger partial charge on any atom is -0.333 e.